The van der Waals surface area contributed by atoms with E-state index in [-0.39, 0.29) is 0 Å². The van der Waals surface area contributed by atoms with Crippen LogP contribution in [0, 0.1) is 13.8 Å². The molecular formula is C8H10Sn. The molecule has 9 heavy (non-hydrogen) atoms. The van der Waals surface area contributed by atoms with Crippen molar-refractivity contribution in [1.29, 1.82) is 0 Å². The van der Waals surface area contributed by atoms with Gasteiger partial charge in [0.25, 0.3) is 0 Å². The quantitative estimate of drug-likeness (QED) is 0.573. The molecule has 0 saturated heterocycles. The van der Waals surface area contributed by atoms with Crippen LogP contribution in [0.15, 0.2) is 18.2 Å². The molecule has 0 atom stereocenters. The van der Waals surface area contributed by atoms with Gasteiger partial charge in [-0.05, 0) is 0 Å². The maximum absolute atomic E-state index is 2.20. The Kier molecular flexibility index (Phi) is 2.17. The summed E-state index contributed by atoms with van der Waals surface area (Å²) in [5, 5.41) is 0. The van der Waals surface area contributed by atoms with Crippen LogP contribution >= 0.6 is 0 Å². The molecule has 0 fully saturated rings. The number of rotatable bonds is 0. The number of hydrogen-bond donors (Lipinski definition) is 0. The summed E-state index contributed by atoms with van der Waals surface area (Å²) in [6, 6.07) is 6.49. The molecule has 0 aliphatic carbocycles. The molecular weight excluding hydrogens is 215 g/mol. The Morgan fingerprint density at radius 1 is 1.22 bits per heavy atom. The molecule has 0 aromatic heterocycles. The summed E-state index contributed by atoms with van der Waals surface area (Å²) in [7, 11) is 0. The molecule has 0 nitrogen and oxygen atoms in total. The molecule has 2 radical (unpaired) electrons. The maximum atomic E-state index is 2.20. The molecule has 1 heteroatoms. The Bertz CT molecular complexity index is 196. The Morgan fingerprint density at radius 3 is 2.33 bits per heavy atom. The second-order valence-corrected chi connectivity index (χ2v) is 4.06. The first-order chi connectivity index (χ1) is 4.22. The molecule has 0 amide bonds. The predicted octanol–water partition coefficient (Wildman–Crippen LogP) is 0.830. The zero-order chi connectivity index (χ0) is 6.85. The van der Waals surface area contributed by atoms with E-state index in [1.165, 1.54) is 37.2 Å². The minimum absolute atomic E-state index is 1.24. The fourth-order valence-electron chi connectivity index (χ4n) is 0.774. The molecule has 0 spiro atoms. The van der Waals surface area contributed by atoms with E-state index in [0.29, 0.717) is 0 Å². The molecule has 0 heterocycles. The van der Waals surface area contributed by atoms with Gasteiger partial charge in [0.2, 0.25) is 0 Å². The molecule has 0 N–H and O–H groups in total. The summed E-state index contributed by atoms with van der Waals surface area (Å²) < 4.78 is 1.51. The summed E-state index contributed by atoms with van der Waals surface area (Å²) in [5.74, 6) is 0. The van der Waals surface area contributed by atoms with Crippen LogP contribution in [0.5, 0.6) is 0 Å². The Labute approximate surface area is 69.4 Å². The van der Waals surface area contributed by atoms with Crippen molar-refractivity contribution in [2.45, 2.75) is 13.8 Å². The molecule has 0 saturated carbocycles. The van der Waals surface area contributed by atoms with Gasteiger partial charge in [-0.2, -0.15) is 0 Å². The van der Waals surface area contributed by atoms with Crippen molar-refractivity contribution < 1.29 is 0 Å². The van der Waals surface area contributed by atoms with Crippen molar-refractivity contribution in [3.05, 3.63) is 29.3 Å². The van der Waals surface area contributed by atoms with Gasteiger partial charge in [0.05, 0.1) is 0 Å². The van der Waals surface area contributed by atoms with Crippen LogP contribution < -0.4 is 3.58 Å². The molecule has 0 unspecified atom stereocenters. The van der Waals surface area contributed by atoms with E-state index in [2.05, 4.69) is 32.0 Å². The van der Waals surface area contributed by atoms with Gasteiger partial charge < -0.3 is 0 Å². The van der Waals surface area contributed by atoms with Crippen molar-refractivity contribution >= 4 is 26.1 Å². The summed E-state index contributed by atoms with van der Waals surface area (Å²) >= 11 is 1.24. The Balaban J connectivity index is 3.25. The number of hydrogen-bond acceptors (Lipinski definition) is 0. The van der Waals surface area contributed by atoms with Gasteiger partial charge >= 0.3 is 69.3 Å². The fourth-order valence-corrected chi connectivity index (χ4v) is 1.74. The van der Waals surface area contributed by atoms with Gasteiger partial charge in [0, 0.05) is 0 Å². The summed E-state index contributed by atoms with van der Waals surface area (Å²) in [4.78, 5) is 0. The van der Waals surface area contributed by atoms with Crippen molar-refractivity contribution in [2.75, 3.05) is 0 Å². The van der Waals surface area contributed by atoms with Crippen LogP contribution in [0.2, 0.25) is 0 Å². The average Bonchev–Trinajstić information content (AvgIpc) is 1.83. The van der Waals surface area contributed by atoms with Crippen LogP contribution in [-0.2, 0) is 0 Å². The van der Waals surface area contributed by atoms with Crippen LogP contribution in [-0.4, -0.2) is 22.5 Å². The van der Waals surface area contributed by atoms with E-state index in [4.69, 9.17) is 0 Å². The third kappa shape index (κ3) is 1.48. The van der Waals surface area contributed by atoms with E-state index in [1.807, 2.05) is 0 Å². The van der Waals surface area contributed by atoms with Gasteiger partial charge in [0.15, 0.2) is 0 Å². The Hall–Kier alpha value is 0.0187. The molecule has 0 aliphatic rings. The van der Waals surface area contributed by atoms with Crippen molar-refractivity contribution in [1.82, 2.24) is 0 Å². The summed E-state index contributed by atoms with van der Waals surface area (Å²) in [6.45, 7) is 4.35. The molecule has 46 valence electrons. The normalized spacial score (nSPS) is 9.67. The van der Waals surface area contributed by atoms with E-state index in [0.717, 1.165) is 0 Å². The molecule has 1 aromatic rings. The van der Waals surface area contributed by atoms with E-state index >= 15 is 0 Å². The minimum atomic E-state index is 1.24. The first-order valence-corrected chi connectivity index (χ1v) is 4.68. The number of benzene rings is 1. The van der Waals surface area contributed by atoms with Gasteiger partial charge in [-0.25, -0.2) is 0 Å². The zero-order valence-electron chi connectivity index (χ0n) is 5.81. The third-order valence-electron chi connectivity index (χ3n) is 1.65. The standard InChI is InChI=1S/C8H9.Sn.H/c1-7-5-3-4-6-8(7)2;;/h3-5H,1-2H3;;. The molecule has 1 aromatic carbocycles. The first kappa shape index (κ1) is 7.13. The van der Waals surface area contributed by atoms with Crippen LogP contribution in [0.4, 0.5) is 0 Å². The SMILES string of the molecule is Cc1ccc[c]([SnH])c1C. The molecule has 1 rings (SSSR count). The number of aryl methyl sites for hydroxylation is 1. The van der Waals surface area contributed by atoms with Crippen LogP contribution in [0.3, 0.4) is 0 Å². The predicted molar refractivity (Wildman–Crippen MR) is 42.7 cm³/mol. The van der Waals surface area contributed by atoms with Crippen molar-refractivity contribution in [2.24, 2.45) is 0 Å². The van der Waals surface area contributed by atoms with Gasteiger partial charge in [-0.15, -0.1) is 0 Å². The van der Waals surface area contributed by atoms with Crippen molar-refractivity contribution in [3.63, 3.8) is 0 Å². The van der Waals surface area contributed by atoms with E-state index < -0.39 is 0 Å². The van der Waals surface area contributed by atoms with Crippen LogP contribution in [0.25, 0.3) is 0 Å². The van der Waals surface area contributed by atoms with Crippen LogP contribution in [0.1, 0.15) is 11.1 Å². The summed E-state index contributed by atoms with van der Waals surface area (Å²) in [5.41, 5.74) is 2.89. The van der Waals surface area contributed by atoms with Gasteiger partial charge in [-0.1, -0.05) is 0 Å². The average molecular weight is 225 g/mol. The summed E-state index contributed by atoms with van der Waals surface area (Å²) in [6.07, 6.45) is 0. The van der Waals surface area contributed by atoms with Crippen molar-refractivity contribution in [3.8, 4) is 0 Å². The van der Waals surface area contributed by atoms with E-state index in [9.17, 15) is 0 Å². The third-order valence-corrected chi connectivity index (χ3v) is 3.43. The Morgan fingerprint density at radius 2 is 1.89 bits per heavy atom. The molecule has 0 bridgehead atoms. The molecule has 0 aliphatic heterocycles. The zero-order valence-corrected chi connectivity index (χ0v) is 9.11. The topological polar surface area (TPSA) is 0 Å². The monoisotopic (exact) mass is 226 g/mol. The van der Waals surface area contributed by atoms with Gasteiger partial charge in [-0.3, -0.25) is 0 Å². The second kappa shape index (κ2) is 2.73. The fraction of sp³-hybridized carbons (Fsp3) is 0.250. The second-order valence-electron chi connectivity index (χ2n) is 2.29. The van der Waals surface area contributed by atoms with Gasteiger partial charge in [0.1, 0.15) is 0 Å². The first-order valence-electron chi connectivity index (χ1n) is 3.03. The van der Waals surface area contributed by atoms with E-state index in [1.54, 1.807) is 0 Å².